The van der Waals surface area contributed by atoms with Gasteiger partial charge in [-0.2, -0.15) is 0 Å². The van der Waals surface area contributed by atoms with E-state index in [1.807, 2.05) is 24.9 Å². The standard InChI is InChI=1S/C11H16FN/c1-5-13(4)11-7-10(12)8(2)6-9(11)3/h6-7H,5H2,1-4H3. The number of anilines is 1. The molecule has 0 aromatic heterocycles. The lowest BCUT2D eigenvalue weighted by Crippen LogP contribution is -2.17. The Morgan fingerprint density at radius 2 is 1.85 bits per heavy atom. The third-order valence-electron chi connectivity index (χ3n) is 2.36. The zero-order valence-corrected chi connectivity index (χ0v) is 8.69. The molecular formula is C11H16FN. The van der Waals surface area contributed by atoms with Crippen molar-refractivity contribution >= 4 is 5.69 Å². The molecule has 0 radical (unpaired) electrons. The van der Waals surface area contributed by atoms with Crippen LogP contribution in [0.15, 0.2) is 12.1 Å². The van der Waals surface area contributed by atoms with Crippen molar-refractivity contribution < 1.29 is 4.39 Å². The van der Waals surface area contributed by atoms with Crippen molar-refractivity contribution in [3.05, 3.63) is 29.1 Å². The Balaban J connectivity index is 3.15. The van der Waals surface area contributed by atoms with Crippen molar-refractivity contribution in [3.8, 4) is 0 Å². The van der Waals surface area contributed by atoms with Crippen LogP contribution >= 0.6 is 0 Å². The average Bonchev–Trinajstić information content (AvgIpc) is 2.10. The fourth-order valence-corrected chi connectivity index (χ4v) is 1.40. The van der Waals surface area contributed by atoms with E-state index < -0.39 is 0 Å². The summed E-state index contributed by atoms with van der Waals surface area (Å²) in [6.07, 6.45) is 0. The van der Waals surface area contributed by atoms with Crippen molar-refractivity contribution in [3.63, 3.8) is 0 Å². The van der Waals surface area contributed by atoms with E-state index in [2.05, 4.69) is 6.92 Å². The smallest absolute Gasteiger partial charge is 0.128 e. The first-order valence-corrected chi connectivity index (χ1v) is 4.54. The lowest BCUT2D eigenvalue weighted by atomic mass is 10.1. The summed E-state index contributed by atoms with van der Waals surface area (Å²) in [5.41, 5.74) is 2.82. The molecule has 0 aliphatic carbocycles. The number of hydrogen-bond acceptors (Lipinski definition) is 1. The average molecular weight is 181 g/mol. The fraction of sp³-hybridized carbons (Fsp3) is 0.455. The topological polar surface area (TPSA) is 3.24 Å². The van der Waals surface area contributed by atoms with Crippen LogP contribution < -0.4 is 4.90 Å². The van der Waals surface area contributed by atoms with Gasteiger partial charge in [-0.25, -0.2) is 4.39 Å². The molecule has 1 nitrogen and oxygen atoms in total. The summed E-state index contributed by atoms with van der Waals surface area (Å²) in [4.78, 5) is 2.04. The van der Waals surface area contributed by atoms with Gasteiger partial charge in [0.15, 0.2) is 0 Å². The van der Waals surface area contributed by atoms with Crippen LogP contribution in [0.1, 0.15) is 18.1 Å². The maximum atomic E-state index is 13.2. The highest BCUT2D eigenvalue weighted by Crippen LogP contribution is 2.22. The molecule has 0 saturated heterocycles. The number of aryl methyl sites for hydroxylation is 2. The molecule has 1 rings (SSSR count). The molecule has 0 unspecified atom stereocenters. The second-order valence-corrected chi connectivity index (χ2v) is 3.40. The molecule has 0 atom stereocenters. The van der Waals surface area contributed by atoms with Crippen LogP contribution in [-0.2, 0) is 0 Å². The first-order chi connectivity index (χ1) is 6.06. The molecule has 1 aromatic rings. The second kappa shape index (κ2) is 3.77. The summed E-state index contributed by atoms with van der Waals surface area (Å²) in [5.74, 6) is -0.124. The van der Waals surface area contributed by atoms with Crippen molar-refractivity contribution in [1.29, 1.82) is 0 Å². The SMILES string of the molecule is CCN(C)c1cc(F)c(C)cc1C. The summed E-state index contributed by atoms with van der Waals surface area (Å²) < 4.78 is 13.2. The Bertz CT molecular complexity index is 307. The predicted octanol–water partition coefficient (Wildman–Crippen LogP) is 2.90. The zero-order valence-electron chi connectivity index (χ0n) is 8.69. The summed E-state index contributed by atoms with van der Waals surface area (Å²) in [5, 5.41) is 0. The third-order valence-corrected chi connectivity index (χ3v) is 2.36. The number of nitrogens with zero attached hydrogens (tertiary/aromatic N) is 1. The van der Waals surface area contributed by atoms with Gasteiger partial charge in [0.25, 0.3) is 0 Å². The van der Waals surface area contributed by atoms with Crippen LogP contribution in [0.5, 0.6) is 0 Å². The minimum Gasteiger partial charge on any atom is -0.375 e. The van der Waals surface area contributed by atoms with Crippen molar-refractivity contribution in [2.24, 2.45) is 0 Å². The van der Waals surface area contributed by atoms with Crippen molar-refractivity contribution in [2.75, 3.05) is 18.5 Å². The van der Waals surface area contributed by atoms with E-state index in [0.717, 1.165) is 17.8 Å². The van der Waals surface area contributed by atoms with Crippen molar-refractivity contribution in [1.82, 2.24) is 0 Å². The molecule has 13 heavy (non-hydrogen) atoms. The van der Waals surface area contributed by atoms with Gasteiger partial charge in [-0.05, 0) is 38.0 Å². The lowest BCUT2D eigenvalue weighted by molar-refractivity contribution is 0.617. The van der Waals surface area contributed by atoms with Crippen LogP contribution in [0, 0.1) is 19.7 Å². The molecule has 2 heteroatoms. The number of halogens is 1. The van der Waals surface area contributed by atoms with Crippen LogP contribution in [0.3, 0.4) is 0 Å². The van der Waals surface area contributed by atoms with Crippen LogP contribution in [0.4, 0.5) is 10.1 Å². The van der Waals surface area contributed by atoms with E-state index in [1.165, 1.54) is 0 Å². The van der Waals surface area contributed by atoms with Crippen LogP contribution in [-0.4, -0.2) is 13.6 Å². The largest absolute Gasteiger partial charge is 0.375 e. The number of hydrogen-bond donors (Lipinski definition) is 0. The van der Waals surface area contributed by atoms with Gasteiger partial charge in [-0.1, -0.05) is 6.07 Å². The van der Waals surface area contributed by atoms with E-state index in [4.69, 9.17) is 0 Å². The molecule has 0 amide bonds. The van der Waals surface area contributed by atoms with Gasteiger partial charge in [-0.15, -0.1) is 0 Å². The second-order valence-electron chi connectivity index (χ2n) is 3.40. The van der Waals surface area contributed by atoms with Crippen LogP contribution in [0.2, 0.25) is 0 Å². The maximum Gasteiger partial charge on any atom is 0.128 e. The van der Waals surface area contributed by atoms with Gasteiger partial charge in [-0.3, -0.25) is 0 Å². The van der Waals surface area contributed by atoms with Gasteiger partial charge in [0, 0.05) is 19.3 Å². The Hall–Kier alpha value is -1.05. The first-order valence-electron chi connectivity index (χ1n) is 4.54. The number of benzene rings is 1. The zero-order chi connectivity index (χ0) is 10.0. The van der Waals surface area contributed by atoms with Crippen molar-refractivity contribution in [2.45, 2.75) is 20.8 Å². The van der Waals surface area contributed by atoms with Crippen LogP contribution in [0.25, 0.3) is 0 Å². The Morgan fingerprint density at radius 1 is 1.23 bits per heavy atom. The minimum absolute atomic E-state index is 0.124. The number of rotatable bonds is 2. The fourth-order valence-electron chi connectivity index (χ4n) is 1.40. The van der Waals surface area contributed by atoms with Gasteiger partial charge in [0.1, 0.15) is 5.82 Å². The normalized spacial score (nSPS) is 10.2. The summed E-state index contributed by atoms with van der Waals surface area (Å²) >= 11 is 0. The van der Waals surface area contributed by atoms with E-state index in [0.29, 0.717) is 5.56 Å². The molecule has 0 fully saturated rings. The molecule has 0 aliphatic rings. The summed E-state index contributed by atoms with van der Waals surface area (Å²) in [7, 11) is 1.97. The predicted molar refractivity (Wildman–Crippen MR) is 54.8 cm³/mol. The van der Waals surface area contributed by atoms with Gasteiger partial charge in [0.05, 0.1) is 0 Å². The van der Waals surface area contributed by atoms with Gasteiger partial charge < -0.3 is 4.90 Å². The summed E-state index contributed by atoms with van der Waals surface area (Å²) in [6, 6.07) is 3.49. The molecule has 1 aromatic carbocycles. The lowest BCUT2D eigenvalue weighted by Gasteiger charge is -2.19. The molecular weight excluding hydrogens is 165 g/mol. The molecule has 0 bridgehead atoms. The van der Waals surface area contributed by atoms with E-state index in [1.54, 1.807) is 13.0 Å². The molecule has 0 aliphatic heterocycles. The molecule has 0 N–H and O–H groups in total. The Morgan fingerprint density at radius 3 is 2.38 bits per heavy atom. The Kier molecular flexibility index (Phi) is 2.91. The molecule has 0 heterocycles. The first kappa shape index (κ1) is 10.0. The monoisotopic (exact) mass is 181 g/mol. The molecule has 72 valence electrons. The van der Waals surface area contributed by atoms with Gasteiger partial charge in [0.2, 0.25) is 0 Å². The highest BCUT2D eigenvalue weighted by molar-refractivity contribution is 5.54. The highest BCUT2D eigenvalue weighted by Gasteiger charge is 2.06. The Labute approximate surface area is 79.2 Å². The quantitative estimate of drug-likeness (QED) is 0.678. The maximum absolute atomic E-state index is 13.2. The van der Waals surface area contributed by atoms with E-state index in [9.17, 15) is 4.39 Å². The van der Waals surface area contributed by atoms with E-state index >= 15 is 0 Å². The highest BCUT2D eigenvalue weighted by atomic mass is 19.1. The van der Waals surface area contributed by atoms with Gasteiger partial charge >= 0.3 is 0 Å². The summed E-state index contributed by atoms with van der Waals surface area (Å²) in [6.45, 7) is 6.74. The molecule has 0 saturated carbocycles. The third kappa shape index (κ3) is 2.00. The molecule has 0 spiro atoms. The minimum atomic E-state index is -0.124. The van der Waals surface area contributed by atoms with E-state index in [-0.39, 0.29) is 5.82 Å².